The van der Waals surface area contributed by atoms with Crippen LogP contribution in [0.4, 0.5) is 5.69 Å². The Balaban J connectivity index is 1.72. The minimum atomic E-state index is 0.0504. The van der Waals surface area contributed by atoms with Crippen LogP contribution < -0.4 is 19.7 Å². The molecule has 1 aliphatic rings. The number of anilines is 1. The Morgan fingerprint density at radius 2 is 1.85 bits per heavy atom. The summed E-state index contributed by atoms with van der Waals surface area (Å²) in [5, 5.41) is 3.06. The van der Waals surface area contributed by atoms with Crippen molar-refractivity contribution < 1.29 is 19.2 Å². The average molecular weight is 369 g/mol. The number of carbonyl (C=O) groups is 1. The molecule has 1 aliphatic heterocycles. The molecule has 1 amide bonds. The summed E-state index contributed by atoms with van der Waals surface area (Å²) in [6.07, 6.45) is 2.15. The van der Waals surface area contributed by atoms with Crippen LogP contribution in [0.2, 0.25) is 0 Å². The third-order valence-electron chi connectivity index (χ3n) is 5.19. The summed E-state index contributed by atoms with van der Waals surface area (Å²) >= 11 is 0. The molecule has 1 heterocycles. The second-order valence-corrected chi connectivity index (χ2v) is 7.31. The fourth-order valence-electron chi connectivity index (χ4n) is 4.06. The molecular formula is C22H29N2O3+. The van der Waals surface area contributed by atoms with Gasteiger partial charge < -0.3 is 19.7 Å². The minimum absolute atomic E-state index is 0.0504. The number of carbonyl (C=O) groups excluding carboxylic acids is 1. The van der Waals surface area contributed by atoms with Gasteiger partial charge in [-0.05, 0) is 49.2 Å². The summed E-state index contributed by atoms with van der Waals surface area (Å²) in [5.41, 5.74) is 4.32. The first kappa shape index (κ1) is 19.2. The van der Waals surface area contributed by atoms with Gasteiger partial charge in [0.1, 0.15) is 17.5 Å². The lowest BCUT2D eigenvalue weighted by Gasteiger charge is -2.23. The lowest BCUT2D eigenvalue weighted by atomic mass is 10.0. The van der Waals surface area contributed by atoms with Gasteiger partial charge in [-0.15, -0.1) is 0 Å². The largest absolute Gasteiger partial charge is 0.497 e. The molecule has 1 fully saturated rings. The molecule has 1 saturated heterocycles. The molecule has 2 aromatic rings. The zero-order chi connectivity index (χ0) is 19.4. The van der Waals surface area contributed by atoms with Gasteiger partial charge in [-0.25, -0.2) is 0 Å². The summed E-state index contributed by atoms with van der Waals surface area (Å²) < 4.78 is 10.9. The van der Waals surface area contributed by atoms with Crippen molar-refractivity contribution in [3.63, 3.8) is 0 Å². The Bertz CT molecular complexity index is 799. The van der Waals surface area contributed by atoms with E-state index in [0.29, 0.717) is 6.54 Å². The molecule has 0 radical (unpaired) electrons. The van der Waals surface area contributed by atoms with E-state index in [0.717, 1.165) is 53.3 Å². The number of benzene rings is 2. The highest BCUT2D eigenvalue weighted by atomic mass is 16.5. The molecule has 0 spiro atoms. The van der Waals surface area contributed by atoms with Crippen LogP contribution in [0.3, 0.4) is 0 Å². The molecular weight excluding hydrogens is 340 g/mol. The van der Waals surface area contributed by atoms with Gasteiger partial charge in [0.25, 0.3) is 5.91 Å². The molecule has 0 saturated carbocycles. The Morgan fingerprint density at radius 3 is 2.52 bits per heavy atom. The zero-order valence-electron chi connectivity index (χ0n) is 16.6. The van der Waals surface area contributed by atoms with E-state index >= 15 is 0 Å². The number of ether oxygens (including phenoxy) is 2. The van der Waals surface area contributed by atoms with Crippen molar-refractivity contribution in [1.82, 2.24) is 0 Å². The van der Waals surface area contributed by atoms with E-state index in [1.807, 2.05) is 38.1 Å². The Labute approximate surface area is 161 Å². The van der Waals surface area contributed by atoms with E-state index in [2.05, 4.69) is 17.4 Å². The molecule has 2 atom stereocenters. The lowest BCUT2D eigenvalue weighted by molar-refractivity contribution is -0.910. The molecule has 2 aromatic carbocycles. The van der Waals surface area contributed by atoms with Crippen molar-refractivity contribution in [2.75, 3.05) is 32.6 Å². The van der Waals surface area contributed by atoms with Crippen LogP contribution in [0.25, 0.3) is 0 Å². The van der Waals surface area contributed by atoms with Gasteiger partial charge in [0.15, 0.2) is 6.54 Å². The summed E-state index contributed by atoms with van der Waals surface area (Å²) in [6, 6.07) is 12.3. The number of hydrogen-bond acceptors (Lipinski definition) is 3. The number of aryl methyl sites for hydroxylation is 2. The lowest BCUT2D eigenvalue weighted by Crippen LogP contribution is -3.11. The van der Waals surface area contributed by atoms with Crippen molar-refractivity contribution in [2.24, 2.45) is 0 Å². The van der Waals surface area contributed by atoms with E-state index in [-0.39, 0.29) is 11.9 Å². The van der Waals surface area contributed by atoms with E-state index in [9.17, 15) is 4.79 Å². The Hall–Kier alpha value is -2.53. The maximum absolute atomic E-state index is 12.6. The summed E-state index contributed by atoms with van der Waals surface area (Å²) in [6.45, 7) is 5.52. The van der Waals surface area contributed by atoms with E-state index in [1.54, 1.807) is 14.2 Å². The van der Waals surface area contributed by atoms with Gasteiger partial charge in [-0.2, -0.15) is 0 Å². The van der Waals surface area contributed by atoms with E-state index in [4.69, 9.17) is 9.47 Å². The van der Waals surface area contributed by atoms with Crippen molar-refractivity contribution >= 4 is 11.6 Å². The number of methoxy groups -OCH3 is 2. The van der Waals surface area contributed by atoms with Gasteiger partial charge in [-0.1, -0.05) is 6.07 Å². The number of quaternary nitrogens is 1. The first-order valence-corrected chi connectivity index (χ1v) is 9.45. The molecule has 144 valence electrons. The highest BCUT2D eigenvalue weighted by Crippen LogP contribution is 2.31. The fourth-order valence-corrected chi connectivity index (χ4v) is 4.06. The molecule has 5 nitrogen and oxygen atoms in total. The standard InChI is InChI=1S/C22H28N2O3/c1-15-10-16(2)12-17(11-15)23-22(25)14-24-9-5-6-20(24)19-8-7-18(26-3)13-21(19)27-4/h7-8,10-13,20H,5-6,9,14H2,1-4H3,(H,23,25)/p+1/t20-/m0/s1. The van der Waals surface area contributed by atoms with Gasteiger partial charge in [0.2, 0.25) is 0 Å². The molecule has 5 heteroatoms. The van der Waals surface area contributed by atoms with Gasteiger partial charge in [-0.3, -0.25) is 4.79 Å². The van der Waals surface area contributed by atoms with Gasteiger partial charge >= 0.3 is 0 Å². The van der Waals surface area contributed by atoms with Crippen LogP contribution >= 0.6 is 0 Å². The number of amides is 1. The van der Waals surface area contributed by atoms with Crippen LogP contribution in [-0.2, 0) is 4.79 Å². The van der Waals surface area contributed by atoms with Gasteiger partial charge in [0.05, 0.1) is 26.3 Å². The molecule has 0 aliphatic carbocycles. The Morgan fingerprint density at radius 1 is 1.11 bits per heavy atom. The summed E-state index contributed by atoms with van der Waals surface area (Å²) in [5.74, 6) is 1.66. The third-order valence-corrected chi connectivity index (χ3v) is 5.19. The first-order valence-electron chi connectivity index (χ1n) is 9.45. The Kier molecular flexibility index (Phi) is 6.01. The summed E-state index contributed by atoms with van der Waals surface area (Å²) in [7, 11) is 3.33. The van der Waals surface area contributed by atoms with Crippen LogP contribution in [-0.4, -0.2) is 33.2 Å². The van der Waals surface area contributed by atoms with Crippen LogP contribution in [0.15, 0.2) is 36.4 Å². The smallest absolute Gasteiger partial charge is 0.279 e. The zero-order valence-corrected chi connectivity index (χ0v) is 16.6. The number of hydrogen-bond donors (Lipinski definition) is 2. The second kappa shape index (κ2) is 8.44. The van der Waals surface area contributed by atoms with Crippen LogP contribution in [0.5, 0.6) is 11.5 Å². The SMILES string of the molecule is COc1ccc([C@@H]2CCC[NH+]2CC(=O)Nc2cc(C)cc(C)c2)c(OC)c1. The van der Waals surface area contributed by atoms with Gasteiger partial charge in [0, 0.05) is 24.6 Å². The van der Waals surface area contributed by atoms with E-state index in [1.165, 1.54) is 4.90 Å². The van der Waals surface area contributed by atoms with Crippen LogP contribution in [0, 0.1) is 13.8 Å². The number of nitrogens with one attached hydrogen (secondary N) is 2. The minimum Gasteiger partial charge on any atom is -0.497 e. The highest BCUT2D eigenvalue weighted by Gasteiger charge is 2.33. The first-order chi connectivity index (χ1) is 13.0. The van der Waals surface area contributed by atoms with Crippen molar-refractivity contribution in [3.8, 4) is 11.5 Å². The topological polar surface area (TPSA) is 52.0 Å². The number of rotatable bonds is 6. The molecule has 2 N–H and O–H groups in total. The molecule has 1 unspecified atom stereocenters. The highest BCUT2D eigenvalue weighted by molar-refractivity contribution is 5.91. The van der Waals surface area contributed by atoms with E-state index < -0.39 is 0 Å². The number of likely N-dealkylation sites (tertiary alicyclic amines) is 1. The molecule has 27 heavy (non-hydrogen) atoms. The van der Waals surface area contributed by atoms with Crippen molar-refractivity contribution in [1.29, 1.82) is 0 Å². The predicted molar refractivity (Wildman–Crippen MR) is 107 cm³/mol. The van der Waals surface area contributed by atoms with Crippen LogP contribution in [0.1, 0.15) is 35.6 Å². The second-order valence-electron chi connectivity index (χ2n) is 7.31. The molecule has 0 bridgehead atoms. The predicted octanol–water partition coefficient (Wildman–Crippen LogP) is 2.68. The monoisotopic (exact) mass is 369 g/mol. The maximum Gasteiger partial charge on any atom is 0.279 e. The summed E-state index contributed by atoms with van der Waals surface area (Å²) in [4.78, 5) is 13.9. The average Bonchev–Trinajstić information content (AvgIpc) is 3.07. The molecule has 0 aromatic heterocycles. The van der Waals surface area contributed by atoms with Crippen molar-refractivity contribution in [3.05, 3.63) is 53.1 Å². The molecule has 3 rings (SSSR count). The third kappa shape index (κ3) is 4.61. The quantitative estimate of drug-likeness (QED) is 0.823. The van der Waals surface area contributed by atoms with Crippen molar-refractivity contribution in [2.45, 2.75) is 32.7 Å². The maximum atomic E-state index is 12.6. The normalized spacial score (nSPS) is 19.0. The fraction of sp³-hybridized carbons (Fsp3) is 0.409.